The summed E-state index contributed by atoms with van der Waals surface area (Å²) < 4.78 is 1.77. The molecular weight excluding hydrogens is 498 g/mol. The summed E-state index contributed by atoms with van der Waals surface area (Å²) in [6, 6.07) is 16.4. The molecule has 4 aliphatic rings. The van der Waals surface area contributed by atoms with Crippen molar-refractivity contribution in [2.45, 2.75) is 31.5 Å². The lowest BCUT2D eigenvalue weighted by Crippen LogP contribution is -2.68. The zero-order valence-electron chi connectivity index (χ0n) is 22.3. The average molecular weight is 528 g/mol. The molecule has 0 amide bonds. The molecule has 4 aromatic heterocycles. The normalized spacial score (nSPS) is 19.8. The Morgan fingerprint density at radius 2 is 1.95 bits per heavy atom. The maximum Gasteiger partial charge on any atom is 0.138 e. The van der Waals surface area contributed by atoms with Crippen LogP contribution in [0, 0.1) is 11.3 Å². The highest BCUT2D eigenvalue weighted by Crippen LogP contribution is 2.39. The molecule has 3 fully saturated rings. The van der Waals surface area contributed by atoms with Gasteiger partial charge in [0.15, 0.2) is 0 Å². The highest BCUT2D eigenvalue weighted by molar-refractivity contribution is 5.98. The molecule has 3 saturated heterocycles. The summed E-state index contributed by atoms with van der Waals surface area (Å²) in [7, 11) is 1.90. The van der Waals surface area contributed by atoms with Gasteiger partial charge in [-0.1, -0.05) is 18.2 Å². The van der Waals surface area contributed by atoms with Crippen LogP contribution < -0.4 is 10.2 Å². The number of nitrogens with one attached hydrogen (secondary N) is 2. The summed E-state index contributed by atoms with van der Waals surface area (Å²) >= 11 is 0. The third-order valence-electron chi connectivity index (χ3n) is 8.79. The Hall–Kier alpha value is -4.68. The van der Waals surface area contributed by atoms with E-state index in [-0.39, 0.29) is 0 Å². The third-order valence-corrected chi connectivity index (χ3v) is 8.79. The standard InChI is InChI=1S/C31H29N9/c1-38-15-23(14-36-38)27-10-26-29(22(11-32)13-35-31(26)37-27)20-5-6-28(34-12-20)39-17-24-9-25(18-39)40(24)16-21-4-2-3-19-7-8-33-30(19)21/h2-6,10,12-15,24-25,33H,7-9,16-18H2,1H3,(H,35,37). The molecule has 0 aliphatic carbocycles. The van der Waals surface area contributed by atoms with Crippen LogP contribution in [0.5, 0.6) is 0 Å². The number of piperidine rings is 1. The number of aryl methyl sites for hydroxylation is 1. The van der Waals surface area contributed by atoms with E-state index in [1.807, 2.05) is 31.7 Å². The van der Waals surface area contributed by atoms with Crippen LogP contribution in [0.15, 0.2) is 61.2 Å². The molecule has 0 saturated carbocycles. The number of hydrogen-bond donors (Lipinski definition) is 2. The van der Waals surface area contributed by atoms with E-state index in [1.54, 1.807) is 10.9 Å². The van der Waals surface area contributed by atoms with Crippen LogP contribution in [0.3, 0.4) is 0 Å². The van der Waals surface area contributed by atoms with E-state index in [2.05, 4.69) is 66.6 Å². The van der Waals surface area contributed by atoms with E-state index in [0.717, 1.165) is 71.8 Å². The zero-order valence-corrected chi connectivity index (χ0v) is 22.3. The van der Waals surface area contributed by atoms with Crippen molar-refractivity contribution in [1.29, 1.82) is 5.26 Å². The van der Waals surface area contributed by atoms with Crippen molar-refractivity contribution in [2.75, 3.05) is 29.9 Å². The molecule has 0 spiro atoms. The first kappa shape index (κ1) is 23.2. The predicted molar refractivity (Wildman–Crippen MR) is 155 cm³/mol. The first-order valence-corrected chi connectivity index (χ1v) is 13.9. The molecule has 9 nitrogen and oxygen atoms in total. The number of hydrogen-bond acceptors (Lipinski definition) is 7. The summed E-state index contributed by atoms with van der Waals surface area (Å²) in [4.78, 5) is 17.9. The number of para-hydroxylation sites is 1. The number of aromatic nitrogens is 5. The Labute approximate surface area is 232 Å². The monoisotopic (exact) mass is 527 g/mol. The quantitative estimate of drug-likeness (QED) is 0.351. The van der Waals surface area contributed by atoms with Gasteiger partial charge in [-0.15, -0.1) is 0 Å². The number of H-pyrrole nitrogens is 1. The van der Waals surface area contributed by atoms with E-state index in [9.17, 15) is 5.26 Å². The fraction of sp³-hybridized carbons (Fsp3) is 0.290. The fourth-order valence-electron chi connectivity index (χ4n) is 6.78. The summed E-state index contributed by atoms with van der Waals surface area (Å²) in [5.74, 6) is 0.995. The smallest absolute Gasteiger partial charge is 0.138 e. The summed E-state index contributed by atoms with van der Waals surface area (Å²) in [5.41, 5.74) is 9.19. The van der Waals surface area contributed by atoms with Crippen molar-refractivity contribution in [3.63, 3.8) is 0 Å². The van der Waals surface area contributed by atoms with E-state index in [1.165, 1.54) is 23.2 Å². The number of piperazine rings is 1. The van der Waals surface area contributed by atoms with Gasteiger partial charge in [-0.2, -0.15) is 10.4 Å². The SMILES string of the molecule is Cn1cc(-c2cc3c(-c4ccc(N5CC6CC(C5)N6Cc5cccc6c5NCC6)nc4)c(C#N)cnc3[nH]2)cn1. The molecule has 4 aliphatic heterocycles. The number of aromatic amines is 1. The van der Waals surface area contributed by atoms with Crippen LogP contribution >= 0.6 is 0 Å². The highest BCUT2D eigenvalue weighted by Gasteiger charge is 2.45. The molecule has 40 heavy (non-hydrogen) atoms. The van der Waals surface area contributed by atoms with Gasteiger partial charge >= 0.3 is 0 Å². The Balaban J connectivity index is 1.03. The largest absolute Gasteiger partial charge is 0.384 e. The number of anilines is 2. The number of fused-ring (bicyclic) bond motifs is 4. The molecule has 2 unspecified atom stereocenters. The molecule has 9 rings (SSSR count). The van der Waals surface area contributed by atoms with Crippen molar-refractivity contribution >= 4 is 22.5 Å². The first-order chi connectivity index (χ1) is 19.6. The molecule has 9 heteroatoms. The van der Waals surface area contributed by atoms with Crippen molar-refractivity contribution < 1.29 is 0 Å². The molecule has 2 bridgehead atoms. The minimum Gasteiger partial charge on any atom is -0.384 e. The number of nitrogens with zero attached hydrogens (tertiary/aromatic N) is 7. The number of rotatable bonds is 5. The van der Waals surface area contributed by atoms with Gasteiger partial charge in [-0.3, -0.25) is 9.58 Å². The minimum absolute atomic E-state index is 0.538. The second-order valence-electron chi connectivity index (χ2n) is 11.2. The average Bonchev–Trinajstić information content (AvgIpc) is 3.75. The topological polar surface area (TPSA) is 102 Å². The van der Waals surface area contributed by atoms with Crippen molar-refractivity contribution in [3.05, 3.63) is 77.9 Å². The van der Waals surface area contributed by atoms with Gasteiger partial charge in [0.25, 0.3) is 0 Å². The summed E-state index contributed by atoms with van der Waals surface area (Å²) in [5, 5.41) is 18.7. The van der Waals surface area contributed by atoms with Gasteiger partial charge in [0, 0.05) is 91.7 Å². The lowest BCUT2D eigenvalue weighted by Gasteiger charge is -2.56. The molecule has 5 aromatic rings. The lowest BCUT2D eigenvalue weighted by molar-refractivity contribution is -0.00851. The summed E-state index contributed by atoms with van der Waals surface area (Å²) in [6.45, 7) is 4.03. The van der Waals surface area contributed by atoms with E-state index in [4.69, 9.17) is 4.98 Å². The van der Waals surface area contributed by atoms with Crippen LogP contribution in [-0.2, 0) is 20.0 Å². The van der Waals surface area contributed by atoms with Gasteiger partial charge in [-0.25, -0.2) is 9.97 Å². The van der Waals surface area contributed by atoms with Gasteiger partial charge in [0.1, 0.15) is 17.5 Å². The predicted octanol–water partition coefficient (Wildman–Crippen LogP) is 4.33. The first-order valence-electron chi connectivity index (χ1n) is 13.9. The maximum atomic E-state index is 9.89. The highest BCUT2D eigenvalue weighted by atomic mass is 15.4. The summed E-state index contributed by atoms with van der Waals surface area (Å²) in [6.07, 6.45) is 9.70. The zero-order chi connectivity index (χ0) is 26.8. The van der Waals surface area contributed by atoms with Crippen molar-refractivity contribution in [1.82, 2.24) is 29.6 Å². The molecule has 198 valence electrons. The van der Waals surface area contributed by atoms with E-state index in [0.29, 0.717) is 17.6 Å². The Morgan fingerprint density at radius 1 is 1.05 bits per heavy atom. The number of pyridine rings is 2. The van der Waals surface area contributed by atoms with Crippen molar-refractivity contribution in [3.8, 4) is 28.5 Å². The number of nitriles is 1. The Bertz CT molecular complexity index is 1780. The molecule has 2 atom stereocenters. The second-order valence-corrected chi connectivity index (χ2v) is 11.2. The lowest BCUT2D eigenvalue weighted by atomic mass is 9.86. The minimum atomic E-state index is 0.538. The van der Waals surface area contributed by atoms with Crippen LogP contribution in [0.2, 0.25) is 0 Å². The third kappa shape index (κ3) is 3.67. The van der Waals surface area contributed by atoms with E-state index < -0.39 is 0 Å². The number of benzene rings is 1. The molecule has 2 N–H and O–H groups in total. The Morgan fingerprint density at radius 3 is 2.73 bits per heavy atom. The van der Waals surface area contributed by atoms with Gasteiger partial charge in [-0.05, 0) is 42.2 Å². The molecule has 1 aromatic carbocycles. The van der Waals surface area contributed by atoms with Crippen LogP contribution in [0.1, 0.15) is 23.1 Å². The second kappa shape index (κ2) is 8.93. The van der Waals surface area contributed by atoms with Crippen LogP contribution in [0.4, 0.5) is 11.5 Å². The van der Waals surface area contributed by atoms with Gasteiger partial charge in [0.2, 0.25) is 0 Å². The van der Waals surface area contributed by atoms with Crippen molar-refractivity contribution in [2.24, 2.45) is 7.05 Å². The van der Waals surface area contributed by atoms with Crippen LogP contribution in [0.25, 0.3) is 33.4 Å². The van der Waals surface area contributed by atoms with Gasteiger partial charge in [0.05, 0.1) is 17.5 Å². The Kier molecular flexibility index (Phi) is 5.19. The van der Waals surface area contributed by atoms with Gasteiger partial charge < -0.3 is 15.2 Å². The molecule has 0 radical (unpaired) electrons. The fourth-order valence-corrected chi connectivity index (χ4v) is 6.78. The maximum absolute atomic E-state index is 9.89. The molecule has 8 heterocycles. The molecular formula is C31H29N9. The van der Waals surface area contributed by atoms with Crippen LogP contribution in [-0.4, -0.2) is 61.4 Å². The van der Waals surface area contributed by atoms with E-state index >= 15 is 0 Å².